The molecule has 2 heterocycles. The molecule has 2 N–H and O–H groups in total. The molecule has 20 heavy (non-hydrogen) atoms. The van der Waals surface area contributed by atoms with Crippen molar-refractivity contribution < 1.29 is 19.4 Å². The largest absolute Gasteiger partial charge is 0.394 e. The Kier molecular flexibility index (Phi) is 6.22. The summed E-state index contributed by atoms with van der Waals surface area (Å²) < 4.78 is 11.3. The molecule has 2 rings (SSSR count). The second-order valence-corrected chi connectivity index (χ2v) is 5.54. The molecule has 116 valence electrons. The third kappa shape index (κ3) is 4.15. The average Bonchev–Trinajstić information content (AvgIpc) is 2.52. The van der Waals surface area contributed by atoms with Crippen LogP contribution in [-0.4, -0.2) is 73.6 Å². The average molecular weight is 286 g/mol. The Morgan fingerprint density at radius 1 is 1.55 bits per heavy atom. The molecular formula is C14H26N2O4. The number of carbonyl (C=O) groups excluding carboxylic acids is 1. The molecular weight excluding hydrogens is 260 g/mol. The van der Waals surface area contributed by atoms with E-state index in [4.69, 9.17) is 9.47 Å². The van der Waals surface area contributed by atoms with Crippen molar-refractivity contribution in [1.82, 2.24) is 10.2 Å². The smallest absolute Gasteiger partial charge is 0.251 e. The number of hydrogen-bond donors (Lipinski definition) is 2. The molecule has 6 nitrogen and oxygen atoms in total. The van der Waals surface area contributed by atoms with E-state index in [1.165, 1.54) is 6.42 Å². The minimum absolute atomic E-state index is 0.0167. The predicted molar refractivity (Wildman–Crippen MR) is 74.5 cm³/mol. The van der Waals surface area contributed by atoms with Crippen molar-refractivity contribution in [1.29, 1.82) is 0 Å². The molecule has 0 aromatic rings. The monoisotopic (exact) mass is 286 g/mol. The van der Waals surface area contributed by atoms with E-state index in [1.54, 1.807) is 11.8 Å². The van der Waals surface area contributed by atoms with Crippen LogP contribution in [0.1, 0.15) is 26.2 Å². The molecule has 0 saturated carbocycles. The van der Waals surface area contributed by atoms with Gasteiger partial charge in [0.2, 0.25) is 0 Å². The fourth-order valence-electron chi connectivity index (χ4n) is 2.71. The van der Waals surface area contributed by atoms with Gasteiger partial charge >= 0.3 is 0 Å². The minimum Gasteiger partial charge on any atom is -0.394 e. The maximum Gasteiger partial charge on any atom is 0.251 e. The molecule has 6 heteroatoms. The molecule has 1 amide bonds. The highest BCUT2D eigenvalue weighted by Crippen LogP contribution is 2.14. The highest BCUT2D eigenvalue weighted by Gasteiger charge is 2.30. The van der Waals surface area contributed by atoms with Crippen LogP contribution in [-0.2, 0) is 14.3 Å². The second-order valence-electron chi connectivity index (χ2n) is 5.54. The van der Waals surface area contributed by atoms with Gasteiger partial charge in [-0.15, -0.1) is 0 Å². The molecule has 0 bridgehead atoms. The van der Waals surface area contributed by atoms with Crippen LogP contribution in [0.4, 0.5) is 0 Å². The van der Waals surface area contributed by atoms with E-state index >= 15 is 0 Å². The van der Waals surface area contributed by atoms with Crippen LogP contribution in [0.5, 0.6) is 0 Å². The van der Waals surface area contributed by atoms with Gasteiger partial charge in [0.05, 0.1) is 25.4 Å². The fraction of sp³-hybridized carbons (Fsp3) is 0.929. The Bertz CT molecular complexity index is 308. The molecule has 2 saturated heterocycles. The lowest BCUT2D eigenvalue weighted by atomic mass is 10.1. The molecule has 2 aliphatic rings. The fourth-order valence-corrected chi connectivity index (χ4v) is 2.71. The number of nitrogens with zero attached hydrogens (tertiary/aromatic N) is 1. The predicted octanol–water partition coefficient (Wildman–Crippen LogP) is -0.247. The second kappa shape index (κ2) is 7.93. The Morgan fingerprint density at radius 2 is 2.40 bits per heavy atom. The zero-order chi connectivity index (χ0) is 14.4. The summed E-state index contributed by atoms with van der Waals surface area (Å²) in [4.78, 5) is 14.1. The third-order valence-electron chi connectivity index (χ3n) is 4.00. The molecule has 3 unspecified atom stereocenters. The summed E-state index contributed by atoms with van der Waals surface area (Å²) in [7, 11) is 0. The van der Waals surface area contributed by atoms with E-state index < -0.39 is 6.10 Å². The maximum absolute atomic E-state index is 12.4. The van der Waals surface area contributed by atoms with E-state index in [1.807, 2.05) is 0 Å². The van der Waals surface area contributed by atoms with Crippen LogP contribution in [0.25, 0.3) is 0 Å². The normalized spacial score (nSPS) is 29.2. The molecule has 2 fully saturated rings. The van der Waals surface area contributed by atoms with Gasteiger partial charge in [-0.2, -0.15) is 0 Å². The molecule has 3 atom stereocenters. The van der Waals surface area contributed by atoms with Gasteiger partial charge in [-0.1, -0.05) is 0 Å². The van der Waals surface area contributed by atoms with Crippen LogP contribution in [0.15, 0.2) is 0 Å². The first kappa shape index (κ1) is 15.7. The van der Waals surface area contributed by atoms with E-state index in [0.29, 0.717) is 19.7 Å². The van der Waals surface area contributed by atoms with Crippen LogP contribution in [0.3, 0.4) is 0 Å². The quantitative estimate of drug-likeness (QED) is 0.729. The Morgan fingerprint density at radius 3 is 3.10 bits per heavy atom. The summed E-state index contributed by atoms with van der Waals surface area (Å²) in [5.74, 6) is -0.0404. The standard InChI is InChI=1S/C14H26N2O4/c1-11(20-10-13-4-2-3-7-19-13)14(18)16-6-5-15-8-12(16)9-17/h11-13,15,17H,2-10H2,1H3. The van der Waals surface area contributed by atoms with E-state index in [-0.39, 0.29) is 24.7 Å². The summed E-state index contributed by atoms with van der Waals surface area (Å²) in [6.45, 7) is 5.06. The van der Waals surface area contributed by atoms with Crippen LogP contribution in [0.2, 0.25) is 0 Å². The van der Waals surface area contributed by atoms with Gasteiger partial charge in [-0.3, -0.25) is 4.79 Å². The lowest BCUT2D eigenvalue weighted by Crippen LogP contribution is -2.57. The highest BCUT2D eigenvalue weighted by atomic mass is 16.5. The number of amides is 1. The zero-order valence-corrected chi connectivity index (χ0v) is 12.2. The van der Waals surface area contributed by atoms with Crippen LogP contribution < -0.4 is 5.32 Å². The summed E-state index contributed by atoms with van der Waals surface area (Å²) in [6, 6.07) is -0.145. The highest BCUT2D eigenvalue weighted by molar-refractivity contribution is 5.81. The van der Waals surface area contributed by atoms with Crippen LogP contribution in [0, 0.1) is 0 Å². The Balaban J connectivity index is 1.78. The van der Waals surface area contributed by atoms with Crippen molar-refractivity contribution in [2.45, 2.75) is 44.4 Å². The Hall–Kier alpha value is -0.690. The van der Waals surface area contributed by atoms with Crippen molar-refractivity contribution in [3.05, 3.63) is 0 Å². The number of nitrogens with one attached hydrogen (secondary N) is 1. The number of aliphatic hydroxyl groups excluding tert-OH is 1. The van der Waals surface area contributed by atoms with E-state index in [0.717, 1.165) is 26.0 Å². The number of hydrogen-bond acceptors (Lipinski definition) is 5. The lowest BCUT2D eigenvalue weighted by Gasteiger charge is -2.36. The van der Waals surface area contributed by atoms with E-state index in [2.05, 4.69) is 5.32 Å². The molecule has 0 aliphatic carbocycles. The maximum atomic E-state index is 12.4. The molecule has 0 radical (unpaired) electrons. The van der Waals surface area contributed by atoms with Crippen molar-refractivity contribution in [3.63, 3.8) is 0 Å². The summed E-state index contributed by atoms with van der Waals surface area (Å²) in [5, 5.41) is 12.5. The minimum atomic E-state index is -0.479. The number of piperazine rings is 1. The first-order valence-corrected chi connectivity index (χ1v) is 7.57. The molecule has 0 aromatic heterocycles. The van der Waals surface area contributed by atoms with Crippen LogP contribution >= 0.6 is 0 Å². The van der Waals surface area contributed by atoms with E-state index in [9.17, 15) is 9.90 Å². The first-order valence-electron chi connectivity index (χ1n) is 7.57. The van der Waals surface area contributed by atoms with Crippen molar-refractivity contribution in [3.8, 4) is 0 Å². The first-order chi connectivity index (χ1) is 9.72. The number of aliphatic hydroxyl groups is 1. The van der Waals surface area contributed by atoms with Gasteiger partial charge in [0, 0.05) is 26.2 Å². The third-order valence-corrected chi connectivity index (χ3v) is 4.00. The van der Waals surface area contributed by atoms with Crippen molar-refractivity contribution in [2.75, 3.05) is 39.5 Å². The lowest BCUT2D eigenvalue weighted by molar-refractivity contribution is -0.150. The molecule has 0 spiro atoms. The number of rotatable bonds is 5. The molecule has 2 aliphatic heterocycles. The van der Waals surface area contributed by atoms with Gasteiger partial charge in [0.25, 0.3) is 5.91 Å². The van der Waals surface area contributed by atoms with Gasteiger partial charge in [0.1, 0.15) is 6.10 Å². The summed E-state index contributed by atoms with van der Waals surface area (Å²) in [5.41, 5.74) is 0. The summed E-state index contributed by atoms with van der Waals surface area (Å²) >= 11 is 0. The topological polar surface area (TPSA) is 71.0 Å². The van der Waals surface area contributed by atoms with Gasteiger partial charge in [-0.25, -0.2) is 0 Å². The van der Waals surface area contributed by atoms with Crippen molar-refractivity contribution in [2.24, 2.45) is 0 Å². The van der Waals surface area contributed by atoms with Crippen molar-refractivity contribution >= 4 is 5.91 Å². The van der Waals surface area contributed by atoms with Gasteiger partial charge < -0.3 is 24.8 Å². The zero-order valence-electron chi connectivity index (χ0n) is 12.2. The number of ether oxygens (including phenoxy) is 2. The number of carbonyl (C=O) groups is 1. The Labute approximate surface area is 120 Å². The molecule has 0 aromatic carbocycles. The van der Waals surface area contributed by atoms with Gasteiger partial charge in [0.15, 0.2) is 0 Å². The SMILES string of the molecule is CC(OCC1CCCCO1)C(=O)N1CCNCC1CO. The van der Waals surface area contributed by atoms with Gasteiger partial charge in [-0.05, 0) is 26.2 Å². The summed E-state index contributed by atoms with van der Waals surface area (Å²) in [6.07, 6.45) is 2.93.